The van der Waals surface area contributed by atoms with Crippen LogP contribution >= 0.6 is 11.6 Å². The number of allylic oxidation sites excluding steroid dienone is 1. The minimum atomic E-state index is 0.711. The quantitative estimate of drug-likeness (QED) is 0.753. The van der Waals surface area contributed by atoms with Crippen molar-refractivity contribution in [1.82, 2.24) is 15.2 Å². The standard InChI is InChI=1S/C19H23ClN4/c1-24(2)13-14-3-5-16(11-14)21-9-10-23-18-7-8-22-19-12-15(20)4-6-17(18)19/h3-4,6-8,11-12,21H,5,9-10,13H2,1-2H3,(H,22,23). The highest BCUT2D eigenvalue weighted by molar-refractivity contribution is 6.31. The van der Waals surface area contributed by atoms with Crippen molar-refractivity contribution in [3.8, 4) is 0 Å². The van der Waals surface area contributed by atoms with Crippen LogP contribution in [0.3, 0.4) is 0 Å². The number of aromatic nitrogens is 1. The maximum atomic E-state index is 6.03. The molecule has 0 unspecified atom stereocenters. The summed E-state index contributed by atoms with van der Waals surface area (Å²) in [5, 5.41) is 8.79. The van der Waals surface area contributed by atoms with Gasteiger partial charge in [-0.25, -0.2) is 0 Å². The van der Waals surface area contributed by atoms with Crippen LogP contribution in [0.2, 0.25) is 5.02 Å². The molecule has 1 aliphatic carbocycles. The van der Waals surface area contributed by atoms with Crippen LogP contribution in [0.25, 0.3) is 10.9 Å². The molecule has 0 fully saturated rings. The van der Waals surface area contributed by atoms with Gasteiger partial charge >= 0.3 is 0 Å². The van der Waals surface area contributed by atoms with Gasteiger partial charge in [-0.2, -0.15) is 0 Å². The summed E-state index contributed by atoms with van der Waals surface area (Å²) in [7, 11) is 4.19. The van der Waals surface area contributed by atoms with E-state index in [9.17, 15) is 0 Å². The molecular formula is C19H23ClN4. The number of nitrogens with one attached hydrogen (secondary N) is 2. The van der Waals surface area contributed by atoms with Crippen LogP contribution in [0.4, 0.5) is 5.69 Å². The molecule has 3 rings (SSSR count). The van der Waals surface area contributed by atoms with Crippen LogP contribution in [0.15, 0.2) is 53.9 Å². The molecule has 1 aliphatic rings. The number of benzene rings is 1. The van der Waals surface area contributed by atoms with Gasteiger partial charge in [0.25, 0.3) is 0 Å². The third-order valence-corrected chi connectivity index (χ3v) is 4.17. The van der Waals surface area contributed by atoms with E-state index in [2.05, 4.69) is 46.8 Å². The summed E-state index contributed by atoms with van der Waals surface area (Å²) < 4.78 is 0. The van der Waals surface area contributed by atoms with Crippen molar-refractivity contribution < 1.29 is 0 Å². The molecule has 2 aromatic rings. The zero-order chi connectivity index (χ0) is 16.9. The lowest BCUT2D eigenvalue weighted by Gasteiger charge is -2.11. The fraction of sp³-hybridized carbons (Fsp3) is 0.316. The average molecular weight is 343 g/mol. The number of likely N-dealkylation sites (N-methyl/N-ethyl adjacent to an activating group) is 1. The fourth-order valence-corrected chi connectivity index (χ4v) is 3.04. The molecule has 0 bridgehead atoms. The molecule has 2 N–H and O–H groups in total. The van der Waals surface area contributed by atoms with E-state index in [-0.39, 0.29) is 0 Å². The van der Waals surface area contributed by atoms with Crippen LogP contribution in [0.1, 0.15) is 6.42 Å². The molecular weight excluding hydrogens is 320 g/mol. The van der Waals surface area contributed by atoms with Crippen LogP contribution in [-0.2, 0) is 0 Å². The molecule has 0 spiro atoms. The number of pyridine rings is 1. The first kappa shape index (κ1) is 16.8. The van der Waals surface area contributed by atoms with Gasteiger partial charge in [-0.05, 0) is 50.0 Å². The normalized spacial score (nSPS) is 14.0. The van der Waals surface area contributed by atoms with Gasteiger partial charge in [-0.15, -0.1) is 0 Å². The fourth-order valence-electron chi connectivity index (χ4n) is 2.88. The Kier molecular flexibility index (Phi) is 5.38. The largest absolute Gasteiger partial charge is 0.386 e. The summed E-state index contributed by atoms with van der Waals surface area (Å²) in [5.74, 6) is 0. The second kappa shape index (κ2) is 7.69. The average Bonchev–Trinajstić information content (AvgIpc) is 2.98. The molecule has 5 heteroatoms. The SMILES string of the molecule is CN(C)CC1=CCC(NCCNc2ccnc3cc(Cl)ccc23)=C1. The molecule has 0 saturated heterocycles. The van der Waals surface area contributed by atoms with E-state index in [0.717, 1.165) is 42.6 Å². The second-order valence-electron chi connectivity index (χ2n) is 6.26. The third kappa shape index (κ3) is 4.28. The zero-order valence-electron chi connectivity index (χ0n) is 14.1. The van der Waals surface area contributed by atoms with Crippen LogP contribution in [0.5, 0.6) is 0 Å². The van der Waals surface area contributed by atoms with Crippen molar-refractivity contribution in [1.29, 1.82) is 0 Å². The first-order valence-corrected chi connectivity index (χ1v) is 8.56. The molecule has 126 valence electrons. The molecule has 1 aromatic carbocycles. The summed E-state index contributed by atoms with van der Waals surface area (Å²) in [4.78, 5) is 6.55. The lowest BCUT2D eigenvalue weighted by Crippen LogP contribution is -2.21. The molecule has 0 atom stereocenters. The van der Waals surface area contributed by atoms with E-state index >= 15 is 0 Å². The Morgan fingerprint density at radius 2 is 2.00 bits per heavy atom. The number of hydrogen-bond donors (Lipinski definition) is 2. The van der Waals surface area contributed by atoms with Crippen molar-refractivity contribution in [2.24, 2.45) is 0 Å². The van der Waals surface area contributed by atoms with Crippen LogP contribution in [-0.4, -0.2) is 43.6 Å². The number of rotatable bonds is 7. The van der Waals surface area contributed by atoms with Gasteiger partial charge in [0.1, 0.15) is 0 Å². The predicted octanol–water partition coefficient (Wildman–Crippen LogP) is 3.67. The number of fused-ring (bicyclic) bond motifs is 1. The topological polar surface area (TPSA) is 40.2 Å². The lowest BCUT2D eigenvalue weighted by molar-refractivity contribution is 0.449. The summed E-state index contributed by atoms with van der Waals surface area (Å²) in [6, 6.07) is 7.80. The Labute approximate surface area is 148 Å². The highest BCUT2D eigenvalue weighted by Crippen LogP contribution is 2.24. The molecule has 0 saturated carbocycles. The minimum absolute atomic E-state index is 0.711. The smallest absolute Gasteiger partial charge is 0.0737 e. The van der Waals surface area contributed by atoms with Crippen molar-refractivity contribution in [3.63, 3.8) is 0 Å². The number of nitrogens with zero attached hydrogens (tertiary/aromatic N) is 2. The molecule has 0 radical (unpaired) electrons. The van der Waals surface area contributed by atoms with Crippen molar-refractivity contribution >= 4 is 28.2 Å². The van der Waals surface area contributed by atoms with Gasteiger partial charge in [-0.3, -0.25) is 4.98 Å². The highest BCUT2D eigenvalue weighted by Gasteiger charge is 2.07. The summed E-state index contributed by atoms with van der Waals surface area (Å²) in [5.41, 5.74) is 4.68. The van der Waals surface area contributed by atoms with E-state index in [1.165, 1.54) is 11.3 Å². The summed E-state index contributed by atoms with van der Waals surface area (Å²) in [6.07, 6.45) is 7.35. The zero-order valence-corrected chi connectivity index (χ0v) is 14.9. The Balaban J connectivity index is 1.51. The number of halogens is 1. The number of anilines is 1. The predicted molar refractivity (Wildman–Crippen MR) is 103 cm³/mol. The molecule has 1 heterocycles. The van der Waals surface area contributed by atoms with E-state index in [1.54, 1.807) is 0 Å². The van der Waals surface area contributed by atoms with Crippen molar-refractivity contribution in [2.45, 2.75) is 6.42 Å². The van der Waals surface area contributed by atoms with Gasteiger partial charge in [0, 0.05) is 54.0 Å². The maximum absolute atomic E-state index is 6.03. The van der Waals surface area contributed by atoms with Gasteiger partial charge < -0.3 is 15.5 Å². The third-order valence-electron chi connectivity index (χ3n) is 3.94. The van der Waals surface area contributed by atoms with Crippen molar-refractivity contribution in [3.05, 3.63) is 58.9 Å². The second-order valence-corrected chi connectivity index (χ2v) is 6.70. The summed E-state index contributed by atoms with van der Waals surface area (Å²) in [6.45, 7) is 2.73. The molecule has 24 heavy (non-hydrogen) atoms. The minimum Gasteiger partial charge on any atom is -0.386 e. The molecule has 0 amide bonds. The Morgan fingerprint density at radius 1 is 1.17 bits per heavy atom. The molecule has 1 aromatic heterocycles. The Hall–Kier alpha value is -2.04. The van der Waals surface area contributed by atoms with Crippen LogP contribution < -0.4 is 10.6 Å². The maximum Gasteiger partial charge on any atom is 0.0737 e. The van der Waals surface area contributed by atoms with E-state index in [0.29, 0.717) is 5.02 Å². The van der Waals surface area contributed by atoms with E-state index in [1.807, 2.05) is 30.5 Å². The lowest BCUT2D eigenvalue weighted by atomic mass is 10.2. The molecule has 4 nitrogen and oxygen atoms in total. The van der Waals surface area contributed by atoms with Gasteiger partial charge in [0.05, 0.1) is 5.52 Å². The number of hydrogen-bond acceptors (Lipinski definition) is 4. The van der Waals surface area contributed by atoms with E-state index in [4.69, 9.17) is 11.6 Å². The molecule has 0 aliphatic heterocycles. The van der Waals surface area contributed by atoms with Gasteiger partial charge in [-0.1, -0.05) is 17.7 Å². The first-order valence-electron chi connectivity index (χ1n) is 8.18. The van der Waals surface area contributed by atoms with Crippen LogP contribution in [0, 0.1) is 0 Å². The monoisotopic (exact) mass is 342 g/mol. The Bertz CT molecular complexity index is 780. The van der Waals surface area contributed by atoms with E-state index < -0.39 is 0 Å². The van der Waals surface area contributed by atoms with Gasteiger partial charge in [0.15, 0.2) is 0 Å². The van der Waals surface area contributed by atoms with Gasteiger partial charge in [0.2, 0.25) is 0 Å². The summed E-state index contributed by atoms with van der Waals surface area (Å²) >= 11 is 6.03. The Morgan fingerprint density at radius 3 is 2.83 bits per heavy atom. The highest BCUT2D eigenvalue weighted by atomic mass is 35.5. The first-order chi connectivity index (χ1) is 11.6. The van der Waals surface area contributed by atoms with Crippen molar-refractivity contribution in [2.75, 3.05) is 39.0 Å².